The summed E-state index contributed by atoms with van der Waals surface area (Å²) >= 11 is 0. The second-order valence-corrected chi connectivity index (χ2v) is 7.79. The fourth-order valence-electron chi connectivity index (χ4n) is 4.09. The van der Waals surface area contributed by atoms with Crippen molar-refractivity contribution < 1.29 is 13.9 Å². The fraction of sp³-hybridized carbons (Fsp3) is 0.435. The maximum atomic E-state index is 12.6. The second kappa shape index (κ2) is 7.97. The quantitative estimate of drug-likeness (QED) is 0.605. The van der Waals surface area contributed by atoms with E-state index in [0.717, 1.165) is 32.0 Å². The minimum atomic E-state index is -0.392. The Labute approximate surface area is 176 Å². The lowest BCUT2D eigenvalue weighted by Gasteiger charge is -2.37. The highest BCUT2D eigenvalue weighted by atomic mass is 16.5. The van der Waals surface area contributed by atoms with E-state index in [1.165, 1.54) is 16.8 Å². The number of piperazine rings is 1. The molecule has 2 aromatic heterocycles. The SMILES string of the molecule is CCOC(=O)c1c(C)oc2nc(C)nc(N3CCN(c4cc(C)ccc4C)CC3)c12. The molecule has 0 saturated carbocycles. The number of nitrogens with zero attached hydrogens (tertiary/aromatic N) is 4. The van der Waals surface area contributed by atoms with Crippen LogP contribution in [0, 0.1) is 27.7 Å². The molecule has 0 N–H and O–H groups in total. The molecule has 0 bridgehead atoms. The van der Waals surface area contributed by atoms with Crippen molar-refractivity contribution in [2.75, 3.05) is 42.6 Å². The molecule has 0 unspecified atom stereocenters. The molecule has 3 heterocycles. The number of aromatic nitrogens is 2. The van der Waals surface area contributed by atoms with Crippen LogP contribution in [0.3, 0.4) is 0 Å². The van der Waals surface area contributed by atoms with Gasteiger partial charge in [0.1, 0.15) is 23.0 Å². The average Bonchev–Trinajstić information content (AvgIpc) is 3.05. The number of anilines is 2. The second-order valence-electron chi connectivity index (χ2n) is 7.79. The zero-order chi connectivity index (χ0) is 21.4. The van der Waals surface area contributed by atoms with Crippen molar-refractivity contribution in [2.24, 2.45) is 0 Å². The molecule has 0 amide bonds. The van der Waals surface area contributed by atoms with Crippen molar-refractivity contribution in [3.63, 3.8) is 0 Å². The molecule has 30 heavy (non-hydrogen) atoms. The molecule has 7 nitrogen and oxygen atoms in total. The smallest absolute Gasteiger partial charge is 0.342 e. The van der Waals surface area contributed by atoms with Gasteiger partial charge in [-0.25, -0.2) is 9.78 Å². The van der Waals surface area contributed by atoms with E-state index >= 15 is 0 Å². The Morgan fingerprint density at radius 2 is 1.77 bits per heavy atom. The summed E-state index contributed by atoms with van der Waals surface area (Å²) in [6.07, 6.45) is 0. The van der Waals surface area contributed by atoms with Crippen molar-refractivity contribution in [3.8, 4) is 0 Å². The first-order chi connectivity index (χ1) is 14.4. The van der Waals surface area contributed by atoms with Gasteiger partial charge in [-0.2, -0.15) is 4.98 Å². The van der Waals surface area contributed by atoms with E-state index < -0.39 is 5.97 Å². The van der Waals surface area contributed by atoms with E-state index in [0.29, 0.717) is 34.9 Å². The summed E-state index contributed by atoms with van der Waals surface area (Å²) in [5.74, 6) is 1.49. The molecule has 158 valence electrons. The van der Waals surface area contributed by atoms with Crippen molar-refractivity contribution in [3.05, 3.63) is 46.5 Å². The van der Waals surface area contributed by atoms with Gasteiger partial charge in [0.05, 0.1) is 12.0 Å². The Kier molecular flexibility index (Phi) is 5.37. The molecule has 3 aromatic rings. The van der Waals surface area contributed by atoms with E-state index in [4.69, 9.17) is 14.1 Å². The molecule has 4 rings (SSSR count). The highest BCUT2D eigenvalue weighted by Crippen LogP contribution is 2.33. The highest BCUT2D eigenvalue weighted by Gasteiger charge is 2.28. The van der Waals surface area contributed by atoms with Gasteiger partial charge < -0.3 is 19.0 Å². The largest absolute Gasteiger partial charge is 0.462 e. The van der Waals surface area contributed by atoms with Crippen LogP contribution < -0.4 is 9.80 Å². The van der Waals surface area contributed by atoms with Crippen LogP contribution in [0.4, 0.5) is 11.5 Å². The van der Waals surface area contributed by atoms with Gasteiger partial charge in [-0.3, -0.25) is 0 Å². The van der Waals surface area contributed by atoms with E-state index in [1.54, 1.807) is 13.8 Å². The molecule has 0 aliphatic carbocycles. The summed E-state index contributed by atoms with van der Waals surface area (Å²) in [4.78, 5) is 26.4. The minimum Gasteiger partial charge on any atom is -0.462 e. The Balaban J connectivity index is 1.67. The maximum Gasteiger partial charge on any atom is 0.342 e. The Bertz CT molecular complexity index is 1100. The van der Waals surface area contributed by atoms with E-state index in [-0.39, 0.29) is 0 Å². The van der Waals surface area contributed by atoms with Crippen molar-refractivity contribution in [1.29, 1.82) is 0 Å². The predicted molar refractivity (Wildman–Crippen MR) is 118 cm³/mol. The fourth-order valence-corrected chi connectivity index (χ4v) is 4.09. The lowest BCUT2D eigenvalue weighted by molar-refractivity contribution is 0.0526. The van der Waals surface area contributed by atoms with Gasteiger partial charge in [0, 0.05) is 31.9 Å². The van der Waals surface area contributed by atoms with Crippen molar-refractivity contribution >= 4 is 28.6 Å². The first kappa shape index (κ1) is 20.2. The average molecular weight is 409 g/mol. The number of rotatable bonds is 4. The number of ether oxygens (including phenoxy) is 1. The van der Waals surface area contributed by atoms with Crippen LogP contribution in [0.1, 0.15) is 40.0 Å². The molecule has 1 aliphatic rings. The van der Waals surface area contributed by atoms with Crippen LogP contribution in [0.2, 0.25) is 0 Å². The van der Waals surface area contributed by atoms with Crippen molar-refractivity contribution in [1.82, 2.24) is 9.97 Å². The summed E-state index contributed by atoms with van der Waals surface area (Å²) in [6.45, 7) is 13.3. The van der Waals surface area contributed by atoms with Gasteiger partial charge in [0.15, 0.2) is 0 Å². The number of furan rings is 1. The number of fused-ring (bicyclic) bond motifs is 1. The monoisotopic (exact) mass is 408 g/mol. The van der Waals surface area contributed by atoms with Crippen LogP contribution in [0.25, 0.3) is 11.1 Å². The molecule has 0 radical (unpaired) electrons. The number of benzene rings is 1. The van der Waals surface area contributed by atoms with Crippen LogP contribution in [0.15, 0.2) is 22.6 Å². The molecular formula is C23H28N4O3. The number of aryl methyl sites for hydroxylation is 4. The third kappa shape index (κ3) is 3.60. The molecule has 1 aliphatic heterocycles. The normalized spacial score (nSPS) is 14.4. The van der Waals surface area contributed by atoms with Gasteiger partial charge >= 0.3 is 5.97 Å². The molecule has 0 atom stereocenters. The maximum absolute atomic E-state index is 12.6. The summed E-state index contributed by atoms with van der Waals surface area (Å²) in [7, 11) is 0. The third-order valence-electron chi connectivity index (χ3n) is 5.58. The van der Waals surface area contributed by atoms with Gasteiger partial charge in [-0.1, -0.05) is 12.1 Å². The molecule has 0 spiro atoms. The third-order valence-corrected chi connectivity index (χ3v) is 5.58. The van der Waals surface area contributed by atoms with Gasteiger partial charge in [0.2, 0.25) is 5.71 Å². The van der Waals surface area contributed by atoms with Crippen LogP contribution >= 0.6 is 0 Å². The van der Waals surface area contributed by atoms with Crippen LogP contribution in [-0.4, -0.2) is 48.7 Å². The van der Waals surface area contributed by atoms with Crippen LogP contribution in [0.5, 0.6) is 0 Å². The first-order valence-corrected chi connectivity index (χ1v) is 10.4. The van der Waals surface area contributed by atoms with E-state index in [2.05, 4.69) is 46.8 Å². The minimum absolute atomic E-state index is 0.307. The summed E-state index contributed by atoms with van der Waals surface area (Å²) in [6, 6.07) is 6.57. The number of esters is 1. The standard InChI is InChI=1S/C23H28N4O3/c1-6-29-23(28)19-16(4)30-22-20(19)21(24-17(5)25-22)27-11-9-26(10-12-27)18-13-14(2)7-8-15(18)3/h7-8,13H,6,9-12H2,1-5H3. The molecular weight excluding hydrogens is 380 g/mol. The summed E-state index contributed by atoms with van der Waals surface area (Å²) in [5.41, 5.74) is 4.70. The lowest BCUT2D eigenvalue weighted by atomic mass is 10.1. The number of hydrogen-bond acceptors (Lipinski definition) is 7. The Hall–Kier alpha value is -3.09. The topological polar surface area (TPSA) is 71.7 Å². The van der Waals surface area contributed by atoms with Gasteiger partial charge in [-0.05, 0) is 51.8 Å². The molecule has 1 fully saturated rings. The highest BCUT2D eigenvalue weighted by molar-refractivity contribution is 6.08. The predicted octanol–water partition coefficient (Wildman–Crippen LogP) is 3.96. The van der Waals surface area contributed by atoms with Crippen molar-refractivity contribution in [2.45, 2.75) is 34.6 Å². The first-order valence-electron chi connectivity index (χ1n) is 10.4. The summed E-state index contributed by atoms with van der Waals surface area (Å²) < 4.78 is 11.1. The number of carbonyl (C=O) groups excluding carboxylic acids is 1. The lowest BCUT2D eigenvalue weighted by Crippen LogP contribution is -2.47. The van der Waals surface area contributed by atoms with E-state index in [1.807, 2.05) is 6.92 Å². The molecule has 1 aromatic carbocycles. The zero-order valence-corrected chi connectivity index (χ0v) is 18.3. The van der Waals surface area contributed by atoms with Crippen LogP contribution in [-0.2, 0) is 4.74 Å². The Morgan fingerprint density at radius 3 is 2.47 bits per heavy atom. The zero-order valence-electron chi connectivity index (χ0n) is 18.3. The molecule has 7 heteroatoms. The van der Waals surface area contributed by atoms with Gasteiger partial charge in [0.25, 0.3) is 0 Å². The number of carbonyl (C=O) groups is 1. The number of hydrogen-bond donors (Lipinski definition) is 0. The molecule has 1 saturated heterocycles. The summed E-state index contributed by atoms with van der Waals surface area (Å²) in [5, 5.41) is 0.650. The van der Waals surface area contributed by atoms with Gasteiger partial charge in [-0.15, -0.1) is 0 Å². The Morgan fingerprint density at radius 1 is 1.07 bits per heavy atom. The van der Waals surface area contributed by atoms with E-state index in [9.17, 15) is 4.79 Å².